The first-order valence-electron chi connectivity index (χ1n) is 4.64. The monoisotopic (exact) mass is 212 g/mol. The molecule has 2 nitrogen and oxygen atoms in total. The van der Waals surface area contributed by atoms with Crippen molar-refractivity contribution in [2.75, 3.05) is 12.4 Å². The molecule has 0 bridgehead atoms. The molecule has 0 amide bonds. The highest BCUT2D eigenvalue weighted by molar-refractivity contribution is 7.98. The molecule has 0 aliphatic rings. The first-order chi connectivity index (χ1) is 6.72. The van der Waals surface area contributed by atoms with Gasteiger partial charge < -0.3 is 10.2 Å². The highest BCUT2D eigenvalue weighted by Crippen LogP contribution is 2.13. The number of hydrogen-bond acceptors (Lipinski definition) is 3. The van der Waals surface area contributed by atoms with E-state index in [1.165, 1.54) is 11.1 Å². The zero-order valence-electron chi connectivity index (χ0n) is 8.31. The van der Waals surface area contributed by atoms with E-state index < -0.39 is 6.10 Å². The number of thioether (sulfide) groups is 1. The fourth-order valence-corrected chi connectivity index (χ4v) is 1.97. The molecule has 0 aliphatic heterocycles. The van der Waals surface area contributed by atoms with Gasteiger partial charge in [-0.3, -0.25) is 0 Å². The average molecular weight is 212 g/mol. The van der Waals surface area contributed by atoms with Gasteiger partial charge in [0, 0.05) is 11.5 Å². The molecule has 3 heteroatoms. The van der Waals surface area contributed by atoms with Crippen molar-refractivity contribution in [1.82, 2.24) is 0 Å². The van der Waals surface area contributed by atoms with Gasteiger partial charge in [0.25, 0.3) is 0 Å². The van der Waals surface area contributed by atoms with E-state index in [2.05, 4.69) is 31.2 Å². The van der Waals surface area contributed by atoms with E-state index in [1.807, 2.05) is 0 Å². The fraction of sp³-hybridized carbons (Fsp3) is 0.455. The number of aryl methyl sites for hydroxylation is 1. The quantitative estimate of drug-likeness (QED) is 0.778. The molecule has 0 saturated heterocycles. The smallest absolute Gasteiger partial charge is 0.0861 e. The third-order valence-corrected chi connectivity index (χ3v) is 3.07. The number of aliphatic hydroxyl groups excluding tert-OH is 2. The Hall–Kier alpha value is -0.510. The lowest BCUT2D eigenvalue weighted by atomic mass is 10.2. The van der Waals surface area contributed by atoms with Crippen molar-refractivity contribution < 1.29 is 10.2 Å². The molecule has 0 aromatic heterocycles. The van der Waals surface area contributed by atoms with Gasteiger partial charge in [-0.1, -0.05) is 29.8 Å². The van der Waals surface area contributed by atoms with E-state index in [1.54, 1.807) is 11.8 Å². The van der Waals surface area contributed by atoms with E-state index in [0.29, 0.717) is 5.75 Å². The van der Waals surface area contributed by atoms with E-state index in [-0.39, 0.29) is 6.61 Å². The maximum atomic E-state index is 9.11. The average Bonchev–Trinajstić information content (AvgIpc) is 2.21. The van der Waals surface area contributed by atoms with Crippen LogP contribution in [0.25, 0.3) is 0 Å². The molecule has 0 aliphatic carbocycles. The third kappa shape index (κ3) is 4.13. The molecule has 0 saturated carbocycles. The summed E-state index contributed by atoms with van der Waals surface area (Å²) in [6.45, 7) is 1.91. The summed E-state index contributed by atoms with van der Waals surface area (Å²) in [5.41, 5.74) is 2.51. The Morgan fingerprint density at radius 2 is 1.93 bits per heavy atom. The molecule has 14 heavy (non-hydrogen) atoms. The summed E-state index contributed by atoms with van der Waals surface area (Å²) in [5.74, 6) is 1.47. The summed E-state index contributed by atoms with van der Waals surface area (Å²) in [6.07, 6.45) is -0.592. The second kappa shape index (κ2) is 6.06. The summed E-state index contributed by atoms with van der Waals surface area (Å²) >= 11 is 1.63. The van der Waals surface area contributed by atoms with Crippen LogP contribution in [0.5, 0.6) is 0 Å². The predicted octanol–water partition coefficient (Wildman–Crippen LogP) is 1.58. The van der Waals surface area contributed by atoms with Crippen molar-refractivity contribution in [3.05, 3.63) is 35.4 Å². The van der Waals surface area contributed by atoms with E-state index in [0.717, 1.165) is 5.75 Å². The molecular formula is C11H16O2S. The van der Waals surface area contributed by atoms with Gasteiger partial charge in [0.15, 0.2) is 0 Å². The summed E-state index contributed by atoms with van der Waals surface area (Å²) in [7, 11) is 0. The highest BCUT2D eigenvalue weighted by atomic mass is 32.2. The SMILES string of the molecule is Cc1ccc(CSC[C@H](O)CO)cc1. The number of aliphatic hydroxyl groups is 2. The van der Waals surface area contributed by atoms with Crippen LogP contribution in [-0.2, 0) is 5.75 Å². The molecule has 0 unspecified atom stereocenters. The van der Waals surface area contributed by atoms with Crippen molar-refractivity contribution in [2.24, 2.45) is 0 Å². The standard InChI is InChI=1S/C11H16O2S/c1-9-2-4-10(5-3-9)7-14-8-11(13)6-12/h2-5,11-13H,6-8H2,1H3/t11-/m1/s1. The summed E-state index contributed by atoms with van der Waals surface area (Å²) < 4.78 is 0. The largest absolute Gasteiger partial charge is 0.394 e. The lowest BCUT2D eigenvalue weighted by Gasteiger charge is -2.06. The Kier molecular flexibility index (Phi) is 5.01. The lowest BCUT2D eigenvalue weighted by Crippen LogP contribution is -2.14. The minimum Gasteiger partial charge on any atom is -0.394 e. The molecule has 0 spiro atoms. The van der Waals surface area contributed by atoms with Crippen LogP contribution < -0.4 is 0 Å². The van der Waals surface area contributed by atoms with Gasteiger partial charge in [0.05, 0.1) is 12.7 Å². The van der Waals surface area contributed by atoms with Crippen LogP contribution in [0.4, 0.5) is 0 Å². The van der Waals surface area contributed by atoms with Crippen LogP contribution in [0.1, 0.15) is 11.1 Å². The molecule has 0 radical (unpaired) electrons. The first kappa shape index (κ1) is 11.6. The zero-order valence-corrected chi connectivity index (χ0v) is 9.13. The van der Waals surface area contributed by atoms with Crippen LogP contribution in [0.3, 0.4) is 0 Å². The summed E-state index contributed by atoms with van der Waals surface area (Å²) in [6, 6.07) is 8.35. The number of benzene rings is 1. The maximum absolute atomic E-state index is 9.11. The molecule has 1 rings (SSSR count). The lowest BCUT2D eigenvalue weighted by molar-refractivity contribution is 0.113. The molecule has 0 heterocycles. The summed E-state index contributed by atoms with van der Waals surface area (Å²) in [4.78, 5) is 0. The van der Waals surface area contributed by atoms with Gasteiger partial charge in [-0.2, -0.15) is 11.8 Å². The Morgan fingerprint density at radius 3 is 2.50 bits per heavy atom. The normalized spacial score (nSPS) is 12.8. The van der Waals surface area contributed by atoms with Crippen LogP contribution in [-0.4, -0.2) is 28.7 Å². The fourth-order valence-electron chi connectivity index (χ4n) is 1.05. The first-order valence-corrected chi connectivity index (χ1v) is 5.80. The van der Waals surface area contributed by atoms with E-state index >= 15 is 0 Å². The van der Waals surface area contributed by atoms with Crippen molar-refractivity contribution >= 4 is 11.8 Å². The number of rotatable bonds is 5. The Morgan fingerprint density at radius 1 is 1.29 bits per heavy atom. The Bertz CT molecular complexity index is 258. The van der Waals surface area contributed by atoms with E-state index in [4.69, 9.17) is 10.2 Å². The molecule has 1 atom stereocenters. The van der Waals surface area contributed by atoms with E-state index in [9.17, 15) is 0 Å². The van der Waals surface area contributed by atoms with Crippen molar-refractivity contribution in [3.8, 4) is 0 Å². The second-order valence-corrected chi connectivity index (χ2v) is 4.37. The Labute approximate surface area is 89.0 Å². The van der Waals surface area contributed by atoms with Crippen LogP contribution in [0, 0.1) is 6.92 Å². The van der Waals surface area contributed by atoms with Crippen molar-refractivity contribution in [3.63, 3.8) is 0 Å². The topological polar surface area (TPSA) is 40.5 Å². The second-order valence-electron chi connectivity index (χ2n) is 3.34. The third-order valence-electron chi connectivity index (χ3n) is 1.91. The molecule has 1 aromatic rings. The molecular weight excluding hydrogens is 196 g/mol. The molecule has 1 aromatic carbocycles. The zero-order chi connectivity index (χ0) is 10.4. The van der Waals surface area contributed by atoms with Crippen molar-refractivity contribution in [2.45, 2.75) is 18.8 Å². The predicted molar refractivity (Wildman–Crippen MR) is 60.4 cm³/mol. The number of hydrogen-bond donors (Lipinski definition) is 2. The minimum absolute atomic E-state index is 0.152. The molecule has 0 fully saturated rings. The minimum atomic E-state index is -0.592. The van der Waals surface area contributed by atoms with Gasteiger partial charge in [-0.25, -0.2) is 0 Å². The van der Waals surface area contributed by atoms with Gasteiger partial charge in [0.1, 0.15) is 0 Å². The van der Waals surface area contributed by atoms with Gasteiger partial charge in [0.2, 0.25) is 0 Å². The maximum Gasteiger partial charge on any atom is 0.0861 e. The van der Waals surface area contributed by atoms with Gasteiger partial charge in [-0.05, 0) is 12.5 Å². The van der Waals surface area contributed by atoms with Gasteiger partial charge in [-0.15, -0.1) is 0 Å². The van der Waals surface area contributed by atoms with Crippen LogP contribution in [0.15, 0.2) is 24.3 Å². The van der Waals surface area contributed by atoms with Crippen LogP contribution >= 0.6 is 11.8 Å². The summed E-state index contributed by atoms with van der Waals surface area (Å²) in [5, 5.41) is 17.7. The molecule has 2 N–H and O–H groups in total. The highest BCUT2D eigenvalue weighted by Gasteiger charge is 2.01. The van der Waals surface area contributed by atoms with Crippen LogP contribution in [0.2, 0.25) is 0 Å². The van der Waals surface area contributed by atoms with Gasteiger partial charge >= 0.3 is 0 Å². The van der Waals surface area contributed by atoms with Crippen molar-refractivity contribution in [1.29, 1.82) is 0 Å². The molecule has 78 valence electrons. The Balaban J connectivity index is 2.28.